The molecule has 5 N–H and O–H groups in total. The molecule has 0 bridgehead atoms. The Morgan fingerprint density at radius 3 is 2.35 bits per heavy atom. The van der Waals surface area contributed by atoms with Gasteiger partial charge in [-0.05, 0) is 37.7 Å². The number of hydrogen-bond acceptors (Lipinski definition) is 6. The molecule has 0 unspecified atom stereocenters. The summed E-state index contributed by atoms with van der Waals surface area (Å²) in [7, 11) is 0. The van der Waals surface area contributed by atoms with Gasteiger partial charge in [0.25, 0.3) is 5.91 Å². The molecule has 1 aromatic heterocycles. The summed E-state index contributed by atoms with van der Waals surface area (Å²) >= 11 is 0. The minimum atomic E-state index is -1.48. The number of carbonyl (C=O) groups excluding carboxylic acids is 1. The average Bonchev–Trinajstić information content (AvgIpc) is 3.70. The highest BCUT2D eigenvalue weighted by atomic mass is 19.1. The van der Waals surface area contributed by atoms with E-state index in [1.807, 2.05) is 13.8 Å². The van der Waals surface area contributed by atoms with Crippen LogP contribution in [0.4, 0.5) is 13.2 Å². The number of amides is 1. The highest BCUT2D eigenvalue weighted by molar-refractivity contribution is 5.96. The molecular weight excluding hydrogens is 529 g/mol. The molecule has 12 heteroatoms. The number of nitrogens with two attached hydrogens (primary N) is 1. The van der Waals surface area contributed by atoms with Gasteiger partial charge in [0, 0.05) is 42.5 Å². The van der Waals surface area contributed by atoms with Gasteiger partial charge in [0.2, 0.25) is 11.2 Å². The molecule has 1 heterocycles. The molecule has 212 valence electrons. The minimum Gasteiger partial charge on any atom is -0.482 e. The van der Waals surface area contributed by atoms with Crippen molar-refractivity contribution >= 4 is 11.9 Å². The fourth-order valence-electron chi connectivity index (χ4n) is 4.65. The third-order valence-electron chi connectivity index (χ3n) is 6.92. The lowest BCUT2D eigenvalue weighted by molar-refractivity contribution is 0.0677. The van der Waals surface area contributed by atoms with E-state index in [-0.39, 0.29) is 30.5 Å². The molecule has 0 radical (unpaired) electrons. The van der Waals surface area contributed by atoms with Crippen LogP contribution in [-0.4, -0.2) is 33.7 Å². The van der Waals surface area contributed by atoms with Crippen molar-refractivity contribution < 1.29 is 32.6 Å². The third-order valence-corrected chi connectivity index (χ3v) is 6.92. The second-order valence-corrected chi connectivity index (χ2v) is 9.87. The van der Waals surface area contributed by atoms with E-state index in [1.54, 1.807) is 30.3 Å². The van der Waals surface area contributed by atoms with Crippen LogP contribution >= 0.6 is 0 Å². The Balaban J connectivity index is 1.70. The molecule has 3 aromatic rings. The zero-order valence-electron chi connectivity index (χ0n) is 21.8. The number of ether oxygens (including phenoxy) is 1. The fraction of sp³-hybridized carbons (Fsp3) is 0.321. The quantitative estimate of drug-likeness (QED) is 0.283. The summed E-state index contributed by atoms with van der Waals surface area (Å²) in [6, 6.07) is 9.24. The van der Waals surface area contributed by atoms with E-state index in [0.717, 1.165) is 17.3 Å². The van der Waals surface area contributed by atoms with Crippen molar-refractivity contribution in [2.75, 3.05) is 5.43 Å². The van der Waals surface area contributed by atoms with E-state index >= 15 is 0 Å². The molecular formula is C28H29F3N4O5. The van der Waals surface area contributed by atoms with Crippen molar-refractivity contribution in [1.82, 2.24) is 9.99 Å². The Hall–Kier alpha value is -4.32. The summed E-state index contributed by atoms with van der Waals surface area (Å²) in [5, 5.41) is 12.3. The van der Waals surface area contributed by atoms with Gasteiger partial charge >= 0.3 is 5.97 Å². The lowest BCUT2D eigenvalue weighted by atomic mass is 10.1. The zero-order valence-corrected chi connectivity index (χ0v) is 21.8. The second-order valence-electron chi connectivity index (χ2n) is 9.87. The number of hydrogen-bond donors (Lipinski definition) is 4. The van der Waals surface area contributed by atoms with E-state index in [1.165, 1.54) is 0 Å². The van der Waals surface area contributed by atoms with Crippen LogP contribution in [0.5, 0.6) is 5.75 Å². The summed E-state index contributed by atoms with van der Waals surface area (Å²) < 4.78 is 48.1. The third kappa shape index (κ3) is 6.28. The van der Waals surface area contributed by atoms with E-state index in [9.17, 15) is 32.7 Å². The van der Waals surface area contributed by atoms with E-state index in [0.29, 0.717) is 17.7 Å². The van der Waals surface area contributed by atoms with Gasteiger partial charge in [0.1, 0.15) is 29.6 Å². The van der Waals surface area contributed by atoms with Gasteiger partial charge in [0.05, 0.1) is 0 Å². The number of pyridine rings is 1. The lowest BCUT2D eigenvalue weighted by Crippen LogP contribution is -2.37. The first-order valence-electron chi connectivity index (χ1n) is 12.6. The maximum absolute atomic E-state index is 14.1. The number of aromatic nitrogens is 1. The molecule has 4 atom stereocenters. The van der Waals surface area contributed by atoms with Gasteiger partial charge in [0.15, 0.2) is 5.69 Å². The monoisotopic (exact) mass is 558 g/mol. The molecule has 0 saturated heterocycles. The van der Waals surface area contributed by atoms with Crippen LogP contribution in [0, 0.1) is 29.3 Å². The number of nitrogens with zero attached hydrogens (tertiary/aromatic N) is 1. The molecule has 0 aliphatic heterocycles. The molecule has 0 spiro atoms. The van der Waals surface area contributed by atoms with Gasteiger partial charge in [-0.2, -0.15) is 0 Å². The first kappa shape index (κ1) is 28.7. The lowest BCUT2D eigenvalue weighted by Gasteiger charge is -2.23. The van der Waals surface area contributed by atoms with Crippen LogP contribution < -0.4 is 26.6 Å². The van der Waals surface area contributed by atoms with Gasteiger partial charge in [-0.3, -0.25) is 14.3 Å². The van der Waals surface area contributed by atoms with Crippen LogP contribution in [0.25, 0.3) is 0 Å². The summed E-state index contributed by atoms with van der Waals surface area (Å²) in [6.45, 7) is 2.84. The van der Waals surface area contributed by atoms with Crippen molar-refractivity contribution in [3.63, 3.8) is 0 Å². The first-order chi connectivity index (χ1) is 19.0. The molecule has 1 aliphatic carbocycles. The maximum atomic E-state index is 14.1. The summed E-state index contributed by atoms with van der Waals surface area (Å²) in [6.07, 6.45) is 1.82. The van der Waals surface area contributed by atoms with Crippen LogP contribution in [0.1, 0.15) is 52.2 Å². The Morgan fingerprint density at radius 2 is 1.77 bits per heavy atom. The van der Waals surface area contributed by atoms with Crippen LogP contribution in [0.3, 0.4) is 0 Å². The van der Waals surface area contributed by atoms with E-state index in [2.05, 4.69) is 10.7 Å². The Kier molecular flexibility index (Phi) is 8.48. The number of halogens is 3. The largest absolute Gasteiger partial charge is 0.482 e. The first-order valence-corrected chi connectivity index (χ1v) is 12.6. The smallest absolute Gasteiger partial charge is 0.358 e. The normalized spacial score (nSPS) is 17.6. The molecule has 1 amide bonds. The number of nitrogens with one attached hydrogen (secondary N) is 2. The number of aromatic carboxylic acids is 1. The van der Waals surface area contributed by atoms with E-state index < -0.39 is 63.9 Å². The highest BCUT2D eigenvalue weighted by Crippen LogP contribution is 2.43. The summed E-state index contributed by atoms with van der Waals surface area (Å²) in [4.78, 5) is 38.8. The maximum Gasteiger partial charge on any atom is 0.358 e. The van der Waals surface area contributed by atoms with Crippen LogP contribution in [-0.2, 0) is 13.2 Å². The summed E-state index contributed by atoms with van der Waals surface area (Å²) in [5.41, 5.74) is 6.95. The number of benzene rings is 2. The molecule has 40 heavy (non-hydrogen) atoms. The van der Waals surface area contributed by atoms with Crippen molar-refractivity contribution in [2.24, 2.45) is 17.6 Å². The van der Waals surface area contributed by atoms with Gasteiger partial charge in [-0.1, -0.05) is 30.3 Å². The minimum absolute atomic E-state index is 0.0689. The average molecular weight is 559 g/mol. The standard InChI is InChI=1S/C28H29F3N4O5/c1-14(32)18-10-19(18)15(2)34-35-12-21(27(37)33-11-20-22(30)8-17(29)9-23(20)31)25(36)26(24(35)28(38)39)40-13-16-6-4-3-5-7-16/h3-9,12,14-15,18-19,34H,10-11,13,32H2,1-2H3,(H,33,37)(H,38,39)/t14-,15+,18+,19-/m0/s1. The van der Waals surface area contributed by atoms with Crippen LogP contribution in [0.15, 0.2) is 53.5 Å². The number of carboxylic acids is 1. The Morgan fingerprint density at radius 1 is 1.12 bits per heavy atom. The number of rotatable bonds is 11. The summed E-state index contributed by atoms with van der Waals surface area (Å²) in [5.74, 6) is -6.34. The fourth-order valence-corrected chi connectivity index (χ4v) is 4.65. The molecule has 1 aliphatic rings. The van der Waals surface area contributed by atoms with Crippen molar-refractivity contribution in [1.29, 1.82) is 0 Å². The Bertz CT molecular complexity index is 1460. The predicted molar refractivity (Wildman–Crippen MR) is 140 cm³/mol. The number of carboxylic acid groups (broad SMARTS) is 1. The topological polar surface area (TPSA) is 136 Å². The molecule has 1 fully saturated rings. The van der Waals surface area contributed by atoms with Crippen molar-refractivity contribution in [3.05, 3.63) is 98.7 Å². The highest BCUT2D eigenvalue weighted by Gasteiger charge is 2.43. The predicted octanol–water partition coefficient (Wildman–Crippen LogP) is 3.39. The van der Waals surface area contributed by atoms with Gasteiger partial charge < -0.3 is 26.3 Å². The van der Waals surface area contributed by atoms with Crippen LogP contribution in [0.2, 0.25) is 0 Å². The van der Waals surface area contributed by atoms with Gasteiger partial charge in [-0.25, -0.2) is 18.0 Å². The van der Waals surface area contributed by atoms with E-state index in [4.69, 9.17) is 10.5 Å². The Labute approximate surface area is 227 Å². The molecule has 1 saturated carbocycles. The second kappa shape index (κ2) is 11.8. The number of carbonyl (C=O) groups is 2. The van der Waals surface area contributed by atoms with Crippen molar-refractivity contribution in [2.45, 2.75) is 45.5 Å². The molecule has 9 nitrogen and oxygen atoms in total. The van der Waals surface area contributed by atoms with Gasteiger partial charge in [-0.15, -0.1) is 0 Å². The van der Waals surface area contributed by atoms with Crippen molar-refractivity contribution in [3.8, 4) is 5.75 Å². The zero-order chi connectivity index (χ0) is 29.1. The SMILES string of the molecule is C[C@H](N)[C@H]1C[C@H]1[C@@H](C)Nn1cc(C(=O)NCc2c(F)cc(F)cc2F)c(=O)c(OCc2ccccc2)c1C(=O)O. The molecule has 4 rings (SSSR count). The molecule has 2 aromatic carbocycles.